The third-order valence-corrected chi connectivity index (χ3v) is 8.81. The van der Waals surface area contributed by atoms with E-state index in [4.69, 9.17) is 42.5 Å². The Morgan fingerprint density at radius 1 is 1.05 bits per heavy atom. The summed E-state index contributed by atoms with van der Waals surface area (Å²) in [5.41, 5.74) is 2.95. The quantitative estimate of drug-likeness (QED) is 0.311. The van der Waals surface area contributed by atoms with Crippen LogP contribution in [0.5, 0.6) is 11.5 Å². The summed E-state index contributed by atoms with van der Waals surface area (Å²) in [7, 11) is 3.26. The summed E-state index contributed by atoms with van der Waals surface area (Å²) in [6.07, 6.45) is 5.13. The molecule has 3 aliphatic rings. The molecule has 2 aliphatic carbocycles. The number of allylic oxidation sites excluding steroid dienone is 1. The van der Waals surface area contributed by atoms with Gasteiger partial charge in [-0.25, -0.2) is 5.01 Å². The van der Waals surface area contributed by atoms with Gasteiger partial charge in [0.1, 0.15) is 21.2 Å². The summed E-state index contributed by atoms with van der Waals surface area (Å²) in [6, 6.07) is 15.2. The molecule has 2 aromatic rings. The number of carbonyl (C=O) groups is 2. The Kier molecular flexibility index (Phi) is 7.18. The molecule has 0 aromatic heterocycles. The fourth-order valence-corrected chi connectivity index (χ4v) is 5.91. The van der Waals surface area contributed by atoms with Crippen molar-refractivity contribution in [2.24, 2.45) is 16.4 Å². The molecule has 0 spiro atoms. The maximum absolute atomic E-state index is 13.5. The number of ether oxygens (including phenoxy) is 3. The molecule has 0 bridgehead atoms. The zero-order chi connectivity index (χ0) is 27.1. The average Bonchev–Trinajstić information content (AvgIpc) is 3.25. The molecule has 0 unspecified atom stereocenters. The molecular weight excluding hydrogens is 527 g/mol. The van der Waals surface area contributed by atoms with Crippen LogP contribution in [-0.4, -0.2) is 47.8 Å². The van der Waals surface area contributed by atoms with Gasteiger partial charge >= 0.3 is 5.97 Å². The van der Waals surface area contributed by atoms with Crippen LogP contribution in [0.4, 0.5) is 0 Å². The van der Waals surface area contributed by atoms with Crippen LogP contribution in [0.15, 0.2) is 59.2 Å². The number of esters is 1. The zero-order valence-electron chi connectivity index (χ0n) is 21.6. The molecule has 3 atom stereocenters. The van der Waals surface area contributed by atoms with Gasteiger partial charge in [0.25, 0.3) is 5.91 Å². The van der Waals surface area contributed by atoms with Crippen LogP contribution in [0.1, 0.15) is 49.8 Å². The fraction of sp³-hybridized carbons (Fsp3) is 0.414. The summed E-state index contributed by atoms with van der Waals surface area (Å²) in [5, 5.41) is 6.32. The van der Waals surface area contributed by atoms with E-state index < -0.39 is 28.2 Å². The third kappa shape index (κ3) is 4.90. The van der Waals surface area contributed by atoms with Gasteiger partial charge in [-0.2, -0.15) is 5.10 Å². The molecule has 1 heterocycles. The molecule has 0 N–H and O–H groups in total. The van der Waals surface area contributed by atoms with Gasteiger partial charge in [0.05, 0.1) is 26.0 Å². The lowest BCUT2D eigenvalue weighted by molar-refractivity contribution is -0.157. The average molecular weight is 557 g/mol. The second-order valence-corrected chi connectivity index (χ2v) is 11.7. The van der Waals surface area contributed by atoms with Crippen molar-refractivity contribution in [3.63, 3.8) is 0 Å². The number of rotatable bonds is 7. The van der Waals surface area contributed by atoms with Gasteiger partial charge in [-0.3, -0.25) is 9.59 Å². The molecular formula is C29H30Cl2N2O5. The summed E-state index contributed by atoms with van der Waals surface area (Å²) in [6.45, 7) is 1.20. The summed E-state index contributed by atoms with van der Waals surface area (Å²) >= 11 is 12.2. The number of hydrogen-bond donors (Lipinski definition) is 0. The van der Waals surface area contributed by atoms with Crippen molar-refractivity contribution in [2.75, 3.05) is 20.8 Å². The van der Waals surface area contributed by atoms with Gasteiger partial charge in [-0.1, -0.05) is 24.3 Å². The van der Waals surface area contributed by atoms with Crippen molar-refractivity contribution in [2.45, 2.75) is 43.0 Å². The number of nitrogens with zero attached hydrogens (tertiary/aromatic N) is 2. The van der Waals surface area contributed by atoms with Crippen molar-refractivity contribution in [3.8, 4) is 11.5 Å². The Bertz CT molecular complexity index is 1290. The van der Waals surface area contributed by atoms with Crippen molar-refractivity contribution in [1.29, 1.82) is 0 Å². The third-order valence-electron chi connectivity index (χ3n) is 7.71. The highest BCUT2D eigenvalue weighted by molar-refractivity contribution is 6.53. The molecule has 0 radical (unpaired) electrons. The minimum Gasteiger partial charge on any atom is -0.497 e. The van der Waals surface area contributed by atoms with Crippen LogP contribution in [-0.2, 0) is 14.3 Å². The van der Waals surface area contributed by atoms with Crippen LogP contribution in [0.3, 0.4) is 0 Å². The molecule has 0 saturated heterocycles. The fourth-order valence-electron chi connectivity index (χ4n) is 5.22. The van der Waals surface area contributed by atoms with Crippen LogP contribution in [0.25, 0.3) is 6.08 Å². The molecule has 200 valence electrons. The Hall–Kier alpha value is -3.03. The molecule has 5 rings (SSSR count). The summed E-state index contributed by atoms with van der Waals surface area (Å²) in [5.74, 6) is 0.552. The monoisotopic (exact) mass is 556 g/mol. The Morgan fingerprint density at radius 2 is 1.66 bits per heavy atom. The molecule has 38 heavy (non-hydrogen) atoms. The SMILES string of the molecule is COc1ccc(/C=C2\CCC[C@@H]3C2=NN(C(=O)COC(=O)[C@@]2(C)CC2(Cl)Cl)[C@@H]3c2ccc(OC)cc2)cc1. The number of methoxy groups -OCH3 is 2. The number of hydrazone groups is 1. The maximum Gasteiger partial charge on any atom is 0.315 e. The lowest BCUT2D eigenvalue weighted by Gasteiger charge is -2.29. The van der Waals surface area contributed by atoms with Crippen LogP contribution in [0, 0.1) is 11.3 Å². The number of fused-ring (bicyclic) bond motifs is 1. The molecule has 1 amide bonds. The van der Waals surface area contributed by atoms with Crippen molar-refractivity contribution >= 4 is 46.9 Å². The van der Waals surface area contributed by atoms with Gasteiger partial charge in [-0.05, 0) is 73.2 Å². The van der Waals surface area contributed by atoms with Crippen LogP contribution < -0.4 is 9.47 Å². The highest BCUT2D eigenvalue weighted by Gasteiger charge is 2.69. The van der Waals surface area contributed by atoms with E-state index >= 15 is 0 Å². The van der Waals surface area contributed by atoms with E-state index in [1.807, 2.05) is 48.5 Å². The zero-order valence-corrected chi connectivity index (χ0v) is 23.1. The highest BCUT2D eigenvalue weighted by Crippen LogP contribution is 2.64. The summed E-state index contributed by atoms with van der Waals surface area (Å²) < 4.78 is 14.8. The molecule has 2 fully saturated rings. The first-order valence-corrected chi connectivity index (χ1v) is 13.4. The molecule has 7 nitrogen and oxygen atoms in total. The van der Waals surface area contributed by atoms with Gasteiger partial charge in [0.15, 0.2) is 6.61 Å². The van der Waals surface area contributed by atoms with E-state index in [1.165, 1.54) is 5.01 Å². The first kappa shape index (κ1) is 26.6. The highest BCUT2D eigenvalue weighted by atomic mass is 35.5. The van der Waals surface area contributed by atoms with E-state index in [1.54, 1.807) is 21.1 Å². The van der Waals surface area contributed by atoms with Crippen LogP contribution in [0.2, 0.25) is 0 Å². The predicted octanol–water partition coefficient (Wildman–Crippen LogP) is 5.95. The number of amides is 1. The number of carbonyl (C=O) groups excluding carboxylic acids is 2. The minimum atomic E-state index is -1.16. The van der Waals surface area contributed by atoms with Gasteiger partial charge in [0, 0.05) is 12.3 Å². The largest absolute Gasteiger partial charge is 0.497 e. The number of benzene rings is 2. The van der Waals surface area contributed by atoms with E-state index in [0.717, 1.165) is 53.2 Å². The Balaban J connectivity index is 1.43. The molecule has 1 aliphatic heterocycles. The topological polar surface area (TPSA) is 77.4 Å². The van der Waals surface area contributed by atoms with Crippen molar-refractivity contribution in [3.05, 3.63) is 65.2 Å². The van der Waals surface area contributed by atoms with Gasteiger partial charge < -0.3 is 14.2 Å². The molecule has 2 aromatic carbocycles. The Morgan fingerprint density at radius 3 is 2.24 bits per heavy atom. The second-order valence-electron chi connectivity index (χ2n) is 10.2. The first-order chi connectivity index (χ1) is 18.2. The molecule has 2 saturated carbocycles. The lowest BCUT2D eigenvalue weighted by Crippen LogP contribution is -2.35. The van der Waals surface area contributed by atoms with Crippen molar-refractivity contribution in [1.82, 2.24) is 5.01 Å². The smallest absolute Gasteiger partial charge is 0.315 e. The standard InChI is InChI=1S/C29H30Cl2N2O5/c1-28(17-29(28,30)31)27(35)38-16-24(34)33-26(19-9-13-22(37-3)14-10-19)23-6-4-5-20(25(23)32-33)15-18-7-11-21(36-2)12-8-18/h7-15,23,26H,4-6,16-17H2,1-3H3/b20-15+/t23-,26-,28-/m1/s1. The van der Waals surface area contributed by atoms with E-state index in [-0.39, 0.29) is 18.4 Å². The van der Waals surface area contributed by atoms with Gasteiger partial charge in [0.2, 0.25) is 0 Å². The number of halogens is 2. The lowest BCUT2D eigenvalue weighted by atomic mass is 9.77. The number of hydrogen-bond acceptors (Lipinski definition) is 6. The predicted molar refractivity (Wildman–Crippen MR) is 146 cm³/mol. The van der Waals surface area contributed by atoms with Crippen LogP contribution >= 0.6 is 23.2 Å². The van der Waals surface area contributed by atoms with E-state index in [0.29, 0.717) is 0 Å². The van der Waals surface area contributed by atoms with E-state index in [2.05, 4.69) is 6.08 Å². The maximum atomic E-state index is 13.5. The number of alkyl halides is 2. The van der Waals surface area contributed by atoms with E-state index in [9.17, 15) is 9.59 Å². The summed E-state index contributed by atoms with van der Waals surface area (Å²) in [4.78, 5) is 26.1. The first-order valence-electron chi connectivity index (χ1n) is 12.6. The second kappa shape index (κ2) is 10.3. The Labute approximate surface area is 232 Å². The molecule has 9 heteroatoms. The van der Waals surface area contributed by atoms with Gasteiger partial charge in [-0.15, -0.1) is 23.2 Å². The minimum absolute atomic E-state index is 0.0144. The normalized spacial score (nSPS) is 26.4. The van der Waals surface area contributed by atoms with Crippen molar-refractivity contribution < 1.29 is 23.8 Å².